The molecule has 2 aromatic rings. The third-order valence-corrected chi connectivity index (χ3v) is 5.25. The maximum atomic E-state index is 12.0. The van der Waals surface area contributed by atoms with Gasteiger partial charge in [0.05, 0.1) is 10.1 Å². The SMILES string of the molecule is CC(C)S(=O)(=O)c1ccc(C(=O)Nc2ncccc2O)cc1. The fraction of sp³-hybridized carbons (Fsp3) is 0.200. The van der Waals surface area contributed by atoms with Crippen molar-refractivity contribution in [1.29, 1.82) is 0 Å². The molecule has 2 N–H and O–H groups in total. The van der Waals surface area contributed by atoms with Crippen LogP contribution in [-0.2, 0) is 9.84 Å². The minimum atomic E-state index is -3.37. The maximum Gasteiger partial charge on any atom is 0.256 e. The summed E-state index contributed by atoms with van der Waals surface area (Å²) in [5.41, 5.74) is 0.271. The van der Waals surface area contributed by atoms with Crippen LogP contribution in [0, 0.1) is 0 Å². The van der Waals surface area contributed by atoms with E-state index in [1.54, 1.807) is 13.8 Å². The number of pyridine rings is 1. The summed E-state index contributed by atoms with van der Waals surface area (Å²) < 4.78 is 24.0. The average Bonchev–Trinajstić information content (AvgIpc) is 2.49. The Morgan fingerprint density at radius 3 is 2.36 bits per heavy atom. The molecule has 0 spiro atoms. The number of nitrogens with zero attached hydrogens (tertiary/aromatic N) is 1. The summed E-state index contributed by atoms with van der Waals surface area (Å²) >= 11 is 0. The van der Waals surface area contributed by atoms with Gasteiger partial charge in [-0.3, -0.25) is 4.79 Å². The molecule has 0 saturated heterocycles. The molecule has 1 heterocycles. The second kappa shape index (κ2) is 6.15. The number of hydrogen-bond donors (Lipinski definition) is 2. The Balaban J connectivity index is 2.21. The van der Waals surface area contributed by atoms with E-state index in [4.69, 9.17) is 0 Å². The topological polar surface area (TPSA) is 96.4 Å². The van der Waals surface area contributed by atoms with Crippen molar-refractivity contribution in [2.45, 2.75) is 24.0 Å². The van der Waals surface area contributed by atoms with Crippen LogP contribution in [0.5, 0.6) is 5.75 Å². The van der Waals surface area contributed by atoms with Crippen molar-refractivity contribution in [2.24, 2.45) is 0 Å². The lowest BCUT2D eigenvalue weighted by atomic mass is 10.2. The molecule has 7 heteroatoms. The number of rotatable bonds is 4. The van der Waals surface area contributed by atoms with E-state index in [2.05, 4.69) is 10.3 Å². The molecule has 6 nitrogen and oxygen atoms in total. The van der Waals surface area contributed by atoms with E-state index in [-0.39, 0.29) is 22.0 Å². The molecule has 1 aromatic heterocycles. The minimum Gasteiger partial charge on any atom is -0.504 e. The standard InChI is InChI=1S/C15H16N2O4S/c1-10(2)22(20,21)12-7-5-11(6-8-12)15(19)17-14-13(18)4-3-9-16-14/h3-10,18H,1-2H3,(H,16,17,19). The number of aromatic hydroxyl groups is 1. The Morgan fingerprint density at radius 1 is 1.18 bits per heavy atom. The van der Waals surface area contributed by atoms with E-state index in [1.807, 2.05) is 0 Å². The first kappa shape index (κ1) is 16.0. The Morgan fingerprint density at radius 2 is 1.82 bits per heavy atom. The largest absolute Gasteiger partial charge is 0.504 e. The zero-order chi connectivity index (χ0) is 16.3. The smallest absolute Gasteiger partial charge is 0.256 e. The van der Waals surface area contributed by atoms with Gasteiger partial charge >= 0.3 is 0 Å². The van der Waals surface area contributed by atoms with E-state index in [0.717, 1.165) is 0 Å². The Hall–Kier alpha value is -2.41. The highest BCUT2D eigenvalue weighted by atomic mass is 32.2. The molecule has 0 aliphatic rings. The van der Waals surface area contributed by atoms with Crippen molar-refractivity contribution in [1.82, 2.24) is 4.98 Å². The van der Waals surface area contributed by atoms with Crippen molar-refractivity contribution >= 4 is 21.6 Å². The molecule has 0 saturated carbocycles. The third kappa shape index (κ3) is 3.25. The second-order valence-electron chi connectivity index (χ2n) is 4.94. The first-order valence-electron chi connectivity index (χ1n) is 6.61. The molecule has 1 amide bonds. The maximum absolute atomic E-state index is 12.0. The van der Waals surface area contributed by atoms with Crippen LogP contribution in [0.25, 0.3) is 0 Å². The average molecular weight is 320 g/mol. The summed E-state index contributed by atoms with van der Waals surface area (Å²) in [4.78, 5) is 16.1. The van der Waals surface area contributed by atoms with Crippen LogP contribution >= 0.6 is 0 Å². The van der Waals surface area contributed by atoms with E-state index in [9.17, 15) is 18.3 Å². The van der Waals surface area contributed by atoms with Gasteiger partial charge in [0, 0.05) is 11.8 Å². The highest BCUT2D eigenvalue weighted by Gasteiger charge is 2.19. The van der Waals surface area contributed by atoms with Crippen molar-refractivity contribution in [3.8, 4) is 5.75 Å². The number of amides is 1. The van der Waals surface area contributed by atoms with Gasteiger partial charge in [-0.25, -0.2) is 13.4 Å². The van der Waals surface area contributed by atoms with Gasteiger partial charge in [-0.15, -0.1) is 0 Å². The number of sulfone groups is 1. The van der Waals surface area contributed by atoms with Gasteiger partial charge in [0.15, 0.2) is 21.4 Å². The number of hydrogen-bond acceptors (Lipinski definition) is 5. The molecule has 0 atom stereocenters. The van der Waals surface area contributed by atoms with E-state index >= 15 is 0 Å². The molecule has 22 heavy (non-hydrogen) atoms. The molecule has 0 bridgehead atoms. The molecule has 0 aliphatic heterocycles. The van der Waals surface area contributed by atoms with Gasteiger partial charge in [-0.1, -0.05) is 0 Å². The number of anilines is 1. The minimum absolute atomic E-state index is 0.0476. The summed E-state index contributed by atoms with van der Waals surface area (Å²) in [6.45, 7) is 3.19. The van der Waals surface area contributed by atoms with Crippen molar-refractivity contribution < 1.29 is 18.3 Å². The van der Waals surface area contributed by atoms with E-state index in [1.165, 1.54) is 42.6 Å². The fourth-order valence-corrected chi connectivity index (χ4v) is 2.80. The van der Waals surface area contributed by atoms with Crippen molar-refractivity contribution in [3.05, 3.63) is 48.2 Å². The lowest BCUT2D eigenvalue weighted by Crippen LogP contribution is -2.15. The highest BCUT2D eigenvalue weighted by molar-refractivity contribution is 7.92. The van der Waals surface area contributed by atoms with Gasteiger partial charge < -0.3 is 10.4 Å². The fourth-order valence-electron chi connectivity index (χ4n) is 1.74. The van der Waals surface area contributed by atoms with Crippen LogP contribution in [-0.4, -0.2) is 29.7 Å². The molecule has 1 aromatic carbocycles. The number of benzene rings is 1. The first-order valence-corrected chi connectivity index (χ1v) is 8.16. The molecular formula is C15H16N2O4S. The lowest BCUT2D eigenvalue weighted by Gasteiger charge is -2.09. The number of carbonyl (C=O) groups excluding carboxylic acids is 1. The van der Waals surface area contributed by atoms with Gasteiger partial charge in [0.1, 0.15) is 0 Å². The summed E-state index contributed by atoms with van der Waals surface area (Å²) in [5, 5.41) is 11.5. The quantitative estimate of drug-likeness (QED) is 0.900. The van der Waals surface area contributed by atoms with Crippen molar-refractivity contribution in [3.63, 3.8) is 0 Å². The molecule has 0 fully saturated rings. The number of carbonyl (C=O) groups is 1. The summed E-state index contributed by atoms with van der Waals surface area (Å²) in [6, 6.07) is 8.57. The van der Waals surface area contributed by atoms with Crippen LogP contribution in [0.3, 0.4) is 0 Å². The Kier molecular flexibility index (Phi) is 4.46. The molecule has 2 rings (SSSR count). The Labute approximate surface area is 128 Å². The van der Waals surface area contributed by atoms with Crippen molar-refractivity contribution in [2.75, 3.05) is 5.32 Å². The molecule has 0 aliphatic carbocycles. The van der Waals surface area contributed by atoms with Gasteiger partial charge in [-0.05, 0) is 50.2 Å². The van der Waals surface area contributed by atoms with E-state index < -0.39 is 21.0 Å². The lowest BCUT2D eigenvalue weighted by molar-refractivity contribution is 0.102. The van der Waals surface area contributed by atoms with E-state index in [0.29, 0.717) is 0 Å². The summed E-state index contributed by atoms with van der Waals surface area (Å²) in [5.74, 6) is -0.580. The Bertz CT molecular complexity index is 783. The number of nitrogens with one attached hydrogen (secondary N) is 1. The zero-order valence-electron chi connectivity index (χ0n) is 12.1. The molecule has 0 radical (unpaired) electrons. The second-order valence-corrected chi connectivity index (χ2v) is 7.45. The monoisotopic (exact) mass is 320 g/mol. The predicted molar refractivity (Wildman–Crippen MR) is 82.6 cm³/mol. The molecule has 0 unspecified atom stereocenters. The van der Waals surface area contributed by atoms with Crippen LogP contribution < -0.4 is 5.32 Å². The molecular weight excluding hydrogens is 304 g/mol. The summed E-state index contributed by atoms with van der Waals surface area (Å²) in [6.07, 6.45) is 1.44. The zero-order valence-corrected chi connectivity index (χ0v) is 13.0. The summed E-state index contributed by atoms with van der Waals surface area (Å²) in [7, 11) is -3.37. The first-order chi connectivity index (χ1) is 10.3. The van der Waals surface area contributed by atoms with Crippen LogP contribution in [0.15, 0.2) is 47.5 Å². The van der Waals surface area contributed by atoms with Crippen LogP contribution in [0.4, 0.5) is 5.82 Å². The van der Waals surface area contributed by atoms with Gasteiger partial charge in [0.2, 0.25) is 0 Å². The highest BCUT2D eigenvalue weighted by Crippen LogP contribution is 2.20. The third-order valence-electron chi connectivity index (χ3n) is 3.08. The van der Waals surface area contributed by atoms with Crippen LogP contribution in [0.1, 0.15) is 24.2 Å². The normalized spacial score (nSPS) is 11.4. The van der Waals surface area contributed by atoms with Gasteiger partial charge in [0.25, 0.3) is 5.91 Å². The van der Waals surface area contributed by atoms with Gasteiger partial charge in [-0.2, -0.15) is 0 Å². The number of aromatic nitrogens is 1. The predicted octanol–water partition coefficient (Wildman–Crippen LogP) is 2.22. The molecule has 116 valence electrons. The van der Waals surface area contributed by atoms with Crippen LogP contribution in [0.2, 0.25) is 0 Å².